The number of hydrogen-bond acceptors (Lipinski definition) is 7. The third kappa shape index (κ3) is 10.0. The molecule has 268 valence electrons. The molecule has 0 spiro atoms. The molecule has 3 aromatic carbocycles. The lowest BCUT2D eigenvalue weighted by molar-refractivity contribution is -0.253. The molecule has 9 nitrogen and oxygen atoms in total. The molecule has 9 heteroatoms. The maximum absolute atomic E-state index is 12.5. The van der Waals surface area contributed by atoms with E-state index in [0.29, 0.717) is 31.8 Å². The zero-order valence-corrected chi connectivity index (χ0v) is 29.2. The van der Waals surface area contributed by atoms with Crippen LogP contribution in [0.15, 0.2) is 72.8 Å². The normalized spacial score (nSPS) is 22.9. The highest BCUT2D eigenvalue weighted by Crippen LogP contribution is 2.39. The molecule has 3 aromatic rings. The number of likely N-dealkylation sites (tertiary alicyclic amines) is 2. The molecule has 0 unspecified atom stereocenters. The Morgan fingerprint density at radius 3 is 2.30 bits per heavy atom. The first-order valence-electron chi connectivity index (χ1n) is 18.6. The molecule has 0 aromatic heterocycles. The van der Waals surface area contributed by atoms with Crippen LogP contribution in [0.2, 0.25) is 0 Å². The van der Waals surface area contributed by atoms with E-state index >= 15 is 0 Å². The Morgan fingerprint density at radius 1 is 0.800 bits per heavy atom. The van der Waals surface area contributed by atoms with Crippen molar-refractivity contribution in [3.63, 3.8) is 0 Å². The lowest BCUT2D eigenvalue weighted by Crippen LogP contribution is -2.45. The molecule has 0 aliphatic carbocycles. The van der Waals surface area contributed by atoms with Gasteiger partial charge in [0.2, 0.25) is 5.91 Å². The number of hydrogen-bond donors (Lipinski definition) is 3. The fourth-order valence-electron chi connectivity index (χ4n) is 7.70. The lowest BCUT2D eigenvalue weighted by Gasteiger charge is -2.39. The molecule has 3 heterocycles. The molecule has 3 saturated heterocycles. The van der Waals surface area contributed by atoms with E-state index in [0.717, 1.165) is 65.9 Å². The van der Waals surface area contributed by atoms with Gasteiger partial charge in [0.15, 0.2) is 6.29 Å². The number of benzene rings is 3. The predicted octanol–water partition coefficient (Wildman–Crippen LogP) is 6.60. The van der Waals surface area contributed by atoms with Crippen molar-refractivity contribution in [2.45, 2.75) is 102 Å². The van der Waals surface area contributed by atoms with E-state index in [1.807, 2.05) is 30.3 Å². The summed E-state index contributed by atoms with van der Waals surface area (Å²) in [4.78, 5) is 28.5. The number of carbonyl (C=O) groups excluding carboxylic acids is 1. The number of aliphatic carboxylic acids is 1. The van der Waals surface area contributed by atoms with Crippen LogP contribution in [-0.4, -0.2) is 76.8 Å². The van der Waals surface area contributed by atoms with Crippen LogP contribution in [0.5, 0.6) is 0 Å². The summed E-state index contributed by atoms with van der Waals surface area (Å²) in [7, 11) is 0. The largest absolute Gasteiger partial charge is 0.481 e. The number of carboxylic acid groups (broad SMARTS) is 1. The minimum absolute atomic E-state index is 0.0194. The lowest BCUT2D eigenvalue weighted by atomic mass is 9.97. The van der Waals surface area contributed by atoms with Gasteiger partial charge in [-0.3, -0.25) is 14.5 Å². The van der Waals surface area contributed by atoms with Gasteiger partial charge in [-0.2, -0.15) is 0 Å². The van der Waals surface area contributed by atoms with Crippen LogP contribution in [0.3, 0.4) is 0 Å². The summed E-state index contributed by atoms with van der Waals surface area (Å²) < 4.78 is 13.4. The minimum Gasteiger partial charge on any atom is -0.481 e. The zero-order chi connectivity index (χ0) is 34.7. The summed E-state index contributed by atoms with van der Waals surface area (Å²) in [5.74, 6) is -0.821. The van der Waals surface area contributed by atoms with Gasteiger partial charge in [-0.1, -0.05) is 79.2 Å². The molecule has 6 rings (SSSR count). The number of aliphatic hydroxyl groups is 1. The average Bonchev–Trinajstić information content (AvgIpc) is 3.83. The second-order valence-corrected chi connectivity index (χ2v) is 14.2. The molecule has 3 aliphatic heterocycles. The molecule has 3 N–H and O–H groups in total. The molecule has 3 fully saturated rings. The van der Waals surface area contributed by atoms with Gasteiger partial charge in [-0.05, 0) is 86.0 Å². The predicted molar refractivity (Wildman–Crippen MR) is 193 cm³/mol. The second kappa shape index (κ2) is 18.1. The van der Waals surface area contributed by atoms with E-state index in [2.05, 4.69) is 57.6 Å². The number of ether oxygens (including phenoxy) is 2. The smallest absolute Gasteiger partial charge is 0.303 e. The highest BCUT2D eigenvalue weighted by atomic mass is 16.7. The Morgan fingerprint density at radius 2 is 1.54 bits per heavy atom. The van der Waals surface area contributed by atoms with Crippen LogP contribution >= 0.6 is 0 Å². The van der Waals surface area contributed by atoms with E-state index in [4.69, 9.17) is 14.6 Å². The average molecular weight is 684 g/mol. The van der Waals surface area contributed by atoms with Crippen LogP contribution in [0, 0.1) is 0 Å². The van der Waals surface area contributed by atoms with Crippen molar-refractivity contribution in [2.75, 3.05) is 32.7 Å². The van der Waals surface area contributed by atoms with Crippen LogP contribution in [0.1, 0.15) is 98.9 Å². The Bertz CT molecular complexity index is 1520. The monoisotopic (exact) mass is 683 g/mol. The summed E-state index contributed by atoms with van der Waals surface area (Å²) in [5.41, 5.74) is 6.11. The van der Waals surface area contributed by atoms with Gasteiger partial charge in [0.25, 0.3) is 0 Å². The summed E-state index contributed by atoms with van der Waals surface area (Å²) in [5, 5.41) is 21.4. The number of carboxylic acids is 1. The SMILES string of the molecule is O=C(O)CCCCCC(=O)NCc1ccccc1-c1ccc([C@H]2O[C@@H](CN3CCC[C@H]3CN3CCCC3)C[C@@H](c3ccc(CO)cc3)O2)cc1. The Kier molecular flexibility index (Phi) is 13.1. The quantitative estimate of drug-likeness (QED) is 0.145. The van der Waals surface area contributed by atoms with Gasteiger partial charge < -0.3 is 29.9 Å². The van der Waals surface area contributed by atoms with Gasteiger partial charge in [-0.25, -0.2) is 0 Å². The maximum atomic E-state index is 12.5. The summed E-state index contributed by atoms with van der Waals surface area (Å²) >= 11 is 0. The Labute approximate surface area is 296 Å². The Hall–Kier alpha value is -3.60. The highest BCUT2D eigenvalue weighted by Gasteiger charge is 2.36. The number of unbranched alkanes of at least 4 members (excludes halogenated alkanes) is 2. The molecule has 4 atom stereocenters. The summed E-state index contributed by atoms with van der Waals surface area (Å²) in [6.07, 6.45) is 7.83. The van der Waals surface area contributed by atoms with Gasteiger partial charge in [-0.15, -0.1) is 0 Å². The first-order valence-corrected chi connectivity index (χ1v) is 18.6. The third-order valence-electron chi connectivity index (χ3n) is 10.5. The van der Waals surface area contributed by atoms with Crippen LogP contribution in [0.25, 0.3) is 11.1 Å². The topological polar surface area (TPSA) is 112 Å². The van der Waals surface area contributed by atoms with Gasteiger partial charge in [0, 0.05) is 50.5 Å². The number of amides is 1. The van der Waals surface area contributed by atoms with Crippen molar-refractivity contribution in [1.29, 1.82) is 0 Å². The molecule has 0 radical (unpaired) electrons. The number of nitrogens with one attached hydrogen (secondary N) is 1. The number of rotatable bonds is 16. The molecule has 50 heavy (non-hydrogen) atoms. The first-order chi connectivity index (χ1) is 24.4. The van der Waals surface area contributed by atoms with Gasteiger partial charge >= 0.3 is 5.97 Å². The number of nitrogens with zero attached hydrogens (tertiary/aromatic N) is 2. The third-order valence-corrected chi connectivity index (χ3v) is 10.5. The minimum atomic E-state index is -0.796. The zero-order valence-electron chi connectivity index (χ0n) is 29.2. The van der Waals surface area contributed by atoms with E-state index in [9.17, 15) is 14.7 Å². The van der Waals surface area contributed by atoms with E-state index < -0.39 is 12.3 Å². The van der Waals surface area contributed by atoms with Crippen LogP contribution in [-0.2, 0) is 32.2 Å². The van der Waals surface area contributed by atoms with Crippen LogP contribution in [0.4, 0.5) is 0 Å². The standard InChI is InChI=1S/C41H53N3O6/c45-29-30-14-16-32(17-15-30)38-25-36(28-44-24-8-10-35(44)27-43-22-6-7-23-43)49-41(50-38)33-20-18-31(19-21-33)37-11-5-4-9-34(37)26-42-39(46)12-2-1-3-13-40(47)48/h4-5,9,11,14-21,35-36,38,41,45H,1-3,6-8,10,12-13,22-29H2,(H,42,46)(H,47,48)/t35-,36+,38-,41-/m0/s1. The highest BCUT2D eigenvalue weighted by molar-refractivity contribution is 5.76. The first kappa shape index (κ1) is 36.2. The van der Waals surface area contributed by atoms with E-state index in [1.54, 1.807) is 0 Å². The Balaban J connectivity index is 1.12. The molecule has 1 amide bonds. The molecular formula is C41H53N3O6. The second-order valence-electron chi connectivity index (χ2n) is 14.2. The molecule has 0 bridgehead atoms. The van der Waals surface area contributed by atoms with Crippen molar-refractivity contribution >= 4 is 11.9 Å². The summed E-state index contributed by atoms with van der Waals surface area (Å²) in [6.45, 7) is 6.04. The van der Waals surface area contributed by atoms with Crippen molar-refractivity contribution in [2.24, 2.45) is 0 Å². The number of carbonyl (C=O) groups is 2. The van der Waals surface area contributed by atoms with Crippen molar-refractivity contribution in [3.05, 3.63) is 95.1 Å². The summed E-state index contributed by atoms with van der Waals surface area (Å²) in [6, 6.07) is 25.2. The number of aliphatic hydroxyl groups excluding tert-OH is 1. The van der Waals surface area contributed by atoms with Gasteiger partial charge in [0.05, 0.1) is 18.8 Å². The molecular weight excluding hydrogens is 630 g/mol. The van der Waals surface area contributed by atoms with Crippen molar-refractivity contribution in [3.8, 4) is 11.1 Å². The van der Waals surface area contributed by atoms with E-state index in [-0.39, 0.29) is 31.1 Å². The van der Waals surface area contributed by atoms with Crippen LogP contribution < -0.4 is 5.32 Å². The maximum Gasteiger partial charge on any atom is 0.303 e. The fourth-order valence-corrected chi connectivity index (χ4v) is 7.70. The van der Waals surface area contributed by atoms with Crippen molar-refractivity contribution < 1.29 is 29.3 Å². The van der Waals surface area contributed by atoms with E-state index in [1.165, 1.54) is 38.8 Å². The van der Waals surface area contributed by atoms with Gasteiger partial charge in [0.1, 0.15) is 0 Å². The molecule has 0 saturated carbocycles. The molecule has 3 aliphatic rings. The van der Waals surface area contributed by atoms with Crippen molar-refractivity contribution in [1.82, 2.24) is 15.1 Å². The fraction of sp³-hybridized carbons (Fsp3) is 0.512.